The summed E-state index contributed by atoms with van der Waals surface area (Å²) in [5.74, 6) is 1.03. The first-order valence-corrected chi connectivity index (χ1v) is 7.23. The lowest BCUT2D eigenvalue weighted by Crippen LogP contribution is -2.24. The van der Waals surface area contributed by atoms with Gasteiger partial charge in [-0.05, 0) is 37.0 Å². The number of amides is 1. The first kappa shape index (κ1) is 14.7. The van der Waals surface area contributed by atoms with Gasteiger partial charge in [-0.25, -0.2) is 0 Å². The molecular formula is C13H19NO3S. The second-order valence-corrected chi connectivity index (χ2v) is 4.80. The van der Waals surface area contributed by atoms with Crippen molar-refractivity contribution < 1.29 is 14.6 Å². The summed E-state index contributed by atoms with van der Waals surface area (Å²) in [7, 11) is 1.46. The first-order valence-electron chi connectivity index (χ1n) is 5.83. The van der Waals surface area contributed by atoms with Crippen LogP contribution < -0.4 is 10.1 Å². The van der Waals surface area contributed by atoms with Crippen LogP contribution in [0.15, 0.2) is 18.2 Å². The number of hydrogen-bond donors (Lipinski definition) is 2. The van der Waals surface area contributed by atoms with Gasteiger partial charge in [-0.2, -0.15) is 11.8 Å². The molecule has 2 N–H and O–H groups in total. The maximum atomic E-state index is 11.8. The number of methoxy groups -OCH3 is 1. The Balaban J connectivity index is 2.51. The van der Waals surface area contributed by atoms with E-state index in [-0.39, 0.29) is 17.2 Å². The molecule has 0 heterocycles. The highest BCUT2D eigenvalue weighted by Gasteiger charge is 2.13. The molecule has 0 aliphatic rings. The van der Waals surface area contributed by atoms with Gasteiger partial charge in [0.1, 0.15) is 0 Å². The van der Waals surface area contributed by atoms with Crippen LogP contribution in [0.2, 0.25) is 0 Å². The Morgan fingerprint density at radius 1 is 1.44 bits per heavy atom. The second-order valence-electron chi connectivity index (χ2n) is 3.81. The average molecular weight is 269 g/mol. The van der Waals surface area contributed by atoms with Crippen LogP contribution in [-0.4, -0.2) is 36.7 Å². The van der Waals surface area contributed by atoms with Crippen LogP contribution in [0, 0.1) is 0 Å². The normalized spacial score (nSPS) is 10.1. The molecule has 0 aromatic heterocycles. The Hall–Kier alpha value is -1.36. The molecule has 0 unspecified atom stereocenters. The van der Waals surface area contributed by atoms with E-state index in [1.165, 1.54) is 7.11 Å². The number of nitrogens with one attached hydrogen (secondary N) is 1. The quantitative estimate of drug-likeness (QED) is 0.746. The van der Waals surface area contributed by atoms with Crippen molar-refractivity contribution in [1.29, 1.82) is 0 Å². The molecule has 5 heteroatoms. The number of thioether (sulfide) groups is 1. The number of carbonyl (C=O) groups is 1. The lowest BCUT2D eigenvalue weighted by Gasteiger charge is -2.09. The highest BCUT2D eigenvalue weighted by molar-refractivity contribution is 7.98. The van der Waals surface area contributed by atoms with E-state index >= 15 is 0 Å². The Labute approximate surface area is 112 Å². The summed E-state index contributed by atoms with van der Waals surface area (Å²) in [5, 5.41) is 12.6. The molecule has 0 bridgehead atoms. The lowest BCUT2D eigenvalue weighted by atomic mass is 10.1. The molecule has 4 nitrogen and oxygen atoms in total. The van der Waals surface area contributed by atoms with Crippen molar-refractivity contribution in [2.45, 2.75) is 12.8 Å². The summed E-state index contributed by atoms with van der Waals surface area (Å²) in [6.45, 7) is 0.621. The van der Waals surface area contributed by atoms with Crippen LogP contribution in [0.5, 0.6) is 11.5 Å². The zero-order valence-corrected chi connectivity index (χ0v) is 11.5. The van der Waals surface area contributed by atoms with Crippen molar-refractivity contribution in [3.8, 4) is 11.5 Å². The number of ether oxygens (including phenoxy) is 1. The van der Waals surface area contributed by atoms with Gasteiger partial charge in [-0.3, -0.25) is 4.79 Å². The molecule has 0 aliphatic heterocycles. The fourth-order valence-corrected chi connectivity index (χ4v) is 2.03. The second kappa shape index (κ2) is 7.87. The van der Waals surface area contributed by atoms with E-state index in [4.69, 9.17) is 4.74 Å². The standard InChI is InChI=1S/C13H19NO3S/c1-17-11-7-5-6-10(12(11)15)13(16)14-8-3-4-9-18-2/h5-7,15H,3-4,8-9H2,1-2H3,(H,14,16). The summed E-state index contributed by atoms with van der Waals surface area (Å²) in [4.78, 5) is 11.8. The maximum Gasteiger partial charge on any atom is 0.255 e. The number of hydrogen-bond acceptors (Lipinski definition) is 4. The Morgan fingerprint density at radius 2 is 2.22 bits per heavy atom. The number of phenols is 1. The van der Waals surface area contributed by atoms with Crippen molar-refractivity contribution in [1.82, 2.24) is 5.32 Å². The number of carbonyl (C=O) groups excluding carboxylic acids is 1. The zero-order chi connectivity index (χ0) is 13.4. The molecule has 0 atom stereocenters. The molecule has 0 saturated heterocycles. The van der Waals surface area contributed by atoms with Gasteiger partial charge in [0.2, 0.25) is 0 Å². The largest absolute Gasteiger partial charge is 0.504 e. The molecule has 0 saturated carbocycles. The van der Waals surface area contributed by atoms with Crippen LogP contribution in [0.25, 0.3) is 0 Å². The molecule has 0 radical (unpaired) electrons. The molecule has 0 fully saturated rings. The molecule has 1 rings (SSSR count). The van der Waals surface area contributed by atoms with Crippen LogP contribution in [-0.2, 0) is 0 Å². The number of benzene rings is 1. The van der Waals surface area contributed by atoms with Crippen molar-refractivity contribution in [3.63, 3.8) is 0 Å². The highest BCUT2D eigenvalue weighted by atomic mass is 32.2. The van der Waals surface area contributed by atoms with E-state index in [1.807, 2.05) is 0 Å². The van der Waals surface area contributed by atoms with Crippen molar-refractivity contribution in [2.24, 2.45) is 0 Å². The van der Waals surface area contributed by atoms with Gasteiger partial charge >= 0.3 is 0 Å². The topological polar surface area (TPSA) is 58.6 Å². The molecule has 0 aliphatic carbocycles. The van der Waals surface area contributed by atoms with Gasteiger partial charge in [0.05, 0.1) is 12.7 Å². The number of rotatable bonds is 7. The summed E-state index contributed by atoms with van der Waals surface area (Å²) >= 11 is 1.79. The van der Waals surface area contributed by atoms with Gasteiger partial charge in [-0.1, -0.05) is 6.07 Å². The highest BCUT2D eigenvalue weighted by Crippen LogP contribution is 2.29. The van der Waals surface area contributed by atoms with Crippen LogP contribution in [0.1, 0.15) is 23.2 Å². The summed E-state index contributed by atoms with van der Waals surface area (Å²) < 4.78 is 4.96. The van der Waals surface area contributed by atoms with Gasteiger partial charge in [0, 0.05) is 6.54 Å². The number of aromatic hydroxyl groups is 1. The summed E-state index contributed by atoms with van der Waals surface area (Å²) in [6.07, 6.45) is 4.08. The smallest absolute Gasteiger partial charge is 0.255 e. The van der Waals surface area contributed by atoms with E-state index in [0.29, 0.717) is 12.3 Å². The number of para-hydroxylation sites is 1. The van der Waals surface area contributed by atoms with Crippen LogP contribution >= 0.6 is 11.8 Å². The molecule has 1 amide bonds. The van der Waals surface area contributed by atoms with Crippen molar-refractivity contribution >= 4 is 17.7 Å². The predicted octanol–water partition coefficient (Wildman–Crippen LogP) is 2.27. The van der Waals surface area contributed by atoms with Crippen molar-refractivity contribution in [3.05, 3.63) is 23.8 Å². The third kappa shape index (κ3) is 4.14. The molecule has 0 spiro atoms. The van der Waals surface area contributed by atoms with Crippen LogP contribution in [0.3, 0.4) is 0 Å². The number of phenolic OH excluding ortho intramolecular Hbond substituents is 1. The SMILES string of the molecule is COc1cccc(C(=O)NCCCCSC)c1O. The van der Waals surface area contributed by atoms with Gasteiger partial charge in [-0.15, -0.1) is 0 Å². The molecule has 18 heavy (non-hydrogen) atoms. The van der Waals surface area contributed by atoms with Crippen molar-refractivity contribution in [2.75, 3.05) is 25.7 Å². The minimum atomic E-state index is -0.268. The van der Waals surface area contributed by atoms with Crippen LogP contribution in [0.4, 0.5) is 0 Å². The van der Waals surface area contributed by atoms with E-state index in [2.05, 4.69) is 11.6 Å². The third-order valence-electron chi connectivity index (χ3n) is 2.52. The molecule has 1 aromatic rings. The lowest BCUT2D eigenvalue weighted by molar-refractivity contribution is 0.0950. The number of unbranched alkanes of at least 4 members (excludes halogenated alkanes) is 1. The van der Waals surface area contributed by atoms with E-state index in [0.717, 1.165) is 18.6 Å². The Bertz CT molecular complexity index is 396. The Kier molecular flexibility index (Phi) is 6.43. The fraction of sp³-hybridized carbons (Fsp3) is 0.462. The molecular weight excluding hydrogens is 250 g/mol. The summed E-state index contributed by atoms with van der Waals surface area (Å²) in [5.41, 5.74) is 0.249. The third-order valence-corrected chi connectivity index (χ3v) is 3.22. The van der Waals surface area contributed by atoms with Gasteiger partial charge in [0.25, 0.3) is 5.91 Å². The van der Waals surface area contributed by atoms with Gasteiger partial charge in [0.15, 0.2) is 11.5 Å². The minimum Gasteiger partial charge on any atom is -0.504 e. The van der Waals surface area contributed by atoms with Gasteiger partial charge < -0.3 is 15.2 Å². The van der Waals surface area contributed by atoms with E-state index in [1.54, 1.807) is 30.0 Å². The van der Waals surface area contributed by atoms with E-state index < -0.39 is 0 Å². The first-order chi connectivity index (χ1) is 8.70. The summed E-state index contributed by atoms with van der Waals surface area (Å²) in [6, 6.07) is 4.88. The molecule has 1 aromatic carbocycles. The minimum absolute atomic E-state index is 0.110. The molecule has 100 valence electrons. The monoisotopic (exact) mass is 269 g/mol. The maximum absolute atomic E-state index is 11.8. The average Bonchev–Trinajstić information content (AvgIpc) is 2.38. The fourth-order valence-electron chi connectivity index (χ4n) is 1.54. The zero-order valence-electron chi connectivity index (χ0n) is 10.7. The predicted molar refractivity (Wildman–Crippen MR) is 74.6 cm³/mol. The Morgan fingerprint density at radius 3 is 2.89 bits per heavy atom. The van der Waals surface area contributed by atoms with E-state index in [9.17, 15) is 9.90 Å².